The molecule has 2 saturated carbocycles. The molecule has 1 aromatic carbocycles. The highest BCUT2D eigenvalue weighted by Crippen LogP contribution is 2.57. The van der Waals surface area contributed by atoms with E-state index in [1.807, 2.05) is 24.3 Å². The Morgan fingerprint density at radius 2 is 1.76 bits per heavy atom. The van der Waals surface area contributed by atoms with E-state index >= 15 is 0 Å². The Morgan fingerprint density at radius 3 is 2.33 bits per heavy atom. The molecule has 112 valence electrons. The van der Waals surface area contributed by atoms with Crippen molar-refractivity contribution in [1.82, 2.24) is 4.90 Å². The normalized spacial score (nSPS) is 26.1. The molecule has 21 heavy (non-hydrogen) atoms. The number of fused-ring (bicyclic) bond motifs is 1. The zero-order valence-electron chi connectivity index (χ0n) is 12.6. The van der Waals surface area contributed by atoms with Gasteiger partial charge in [0.05, 0.1) is 6.42 Å². The van der Waals surface area contributed by atoms with Crippen molar-refractivity contribution in [1.29, 1.82) is 0 Å². The molecule has 4 heteroatoms. The van der Waals surface area contributed by atoms with Crippen molar-refractivity contribution < 1.29 is 9.59 Å². The fourth-order valence-corrected chi connectivity index (χ4v) is 3.47. The molecule has 0 aromatic heterocycles. The summed E-state index contributed by atoms with van der Waals surface area (Å²) in [4.78, 5) is 25.4. The van der Waals surface area contributed by atoms with Gasteiger partial charge in [-0.2, -0.15) is 0 Å². The lowest BCUT2D eigenvalue weighted by atomic mass is 10.1. The molecule has 2 atom stereocenters. The first-order valence-electron chi connectivity index (χ1n) is 7.66. The predicted octanol–water partition coefficient (Wildman–Crippen LogP) is 2.30. The number of benzene rings is 1. The summed E-state index contributed by atoms with van der Waals surface area (Å²) in [5, 5.41) is 3.00. The summed E-state index contributed by atoms with van der Waals surface area (Å²) in [6, 6.07) is 7.58. The second-order valence-electron chi connectivity index (χ2n) is 6.44. The zero-order chi connectivity index (χ0) is 15.0. The molecule has 0 saturated heterocycles. The molecule has 4 nitrogen and oxygen atoms in total. The number of likely N-dealkylation sites (N-methyl/N-ethyl adjacent to an activating group) is 1. The van der Waals surface area contributed by atoms with E-state index in [9.17, 15) is 9.59 Å². The number of amides is 2. The Labute approximate surface area is 125 Å². The Kier molecular flexibility index (Phi) is 3.70. The van der Waals surface area contributed by atoms with Crippen molar-refractivity contribution in [2.75, 3.05) is 19.4 Å². The highest BCUT2D eigenvalue weighted by Gasteiger charge is 2.56. The average Bonchev–Trinajstić information content (AvgIpc) is 2.94. The zero-order valence-corrected chi connectivity index (χ0v) is 12.6. The minimum absolute atomic E-state index is 0.0811. The molecule has 2 fully saturated rings. The van der Waals surface area contributed by atoms with Gasteiger partial charge in [0.1, 0.15) is 0 Å². The fourth-order valence-electron chi connectivity index (χ4n) is 3.47. The van der Waals surface area contributed by atoms with Crippen LogP contribution in [-0.4, -0.2) is 30.8 Å². The number of hydrogen-bond donors (Lipinski definition) is 1. The van der Waals surface area contributed by atoms with Crippen LogP contribution < -0.4 is 5.32 Å². The van der Waals surface area contributed by atoms with Gasteiger partial charge >= 0.3 is 0 Å². The van der Waals surface area contributed by atoms with Crippen LogP contribution in [0.5, 0.6) is 0 Å². The Hall–Kier alpha value is -1.84. The Bertz CT molecular complexity index is 540. The van der Waals surface area contributed by atoms with Crippen LogP contribution in [0.3, 0.4) is 0 Å². The van der Waals surface area contributed by atoms with E-state index in [2.05, 4.69) is 5.32 Å². The summed E-state index contributed by atoms with van der Waals surface area (Å²) < 4.78 is 0. The number of anilines is 1. The topological polar surface area (TPSA) is 49.4 Å². The minimum atomic E-state index is 0.0811. The molecule has 1 aromatic rings. The lowest BCUT2D eigenvalue weighted by molar-refractivity contribution is -0.128. The highest BCUT2D eigenvalue weighted by molar-refractivity contribution is 5.95. The number of carbonyl (C=O) groups is 2. The van der Waals surface area contributed by atoms with E-state index in [1.165, 1.54) is 19.3 Å². The van der Waals surface area contributed by atoms with Gasteiger partial charge in [0.25, 0.3) is 0 Å². The standard InChI is InChI=1S/C17H22N2O2/c1-19(2)15(20)10-11-6-8-12(9-7-11)18-17(21)16-13-4-3-5-14(13)16/h6-9,13-14,16H,3-5,10H2,1-2H3,(H,18,21)/t13-,14-/m0/s1. The molecule has 2 aliphatic rings. The monoisotopic (exact) mass is 286 g/mol. The second kappa shape index (κ2) is 5.51. The fraction of sp³-hybridized carbons (Fsp3) is 0.529. The number of hydrogen-bond acceptors (Lipinski definition) is 2. The van der Waals surface area contributed by atoms with Crippen molar-refractivity contribution in [3.05, 3.63) is 29.8 Å². The van der Waals surface area contributed by atoms with Crippen molar-refractivity contribution >= 4 is 17.5 Å². The molecule has 1 N–H and O–H groups in total. The van der Waals surface area contributed by atoms with Gasteiger partial charge in [-0.25, -0.2) is 0 Å². The van der Waals surface area contributed by atoms with E-state index in [4.69, 9.17) is 0 Å². The SMILES string of the molecule is CN(C)C(=O)Cc1ccc(NC(=O)C2[C@H]3CCC[C@H]23)cc1. The summed E-state index contributed by atoms with van der Waals surface area (Å²) in [6.07, 6.45) is 4.12. The maximum Gasteiger partial charge on any atom is 0.228 e. The van der Waals surface area contributed by atoms with Crippen LogP contribution in [0.4, 0.5) is 5.69 Å². The van der Waals surface area contributed by atoms with Crippen LogP contribution in [0.25, 0.3) is 0 Å². The van der Waals surface area contributed by atoms with Crippen LogP contribution in [-0.2, 0) is 16.0 Å². The summed E-state index contributed by atoms with van der Waals surface area (Å²) in [5.74, 6) is 1.78. The maximum absolute atomic E-state index is 12.2. The third-order valence-electron chi connectivity index (χ3n) is 4.78. The first kappa shape index (κ1) is 14.1. The van der Waals surface area contributed by atoms with E-state index in [0.717, 1.165) is 11.3 Å². The Balaban J connectivity index is 1.55. The van der Waals surface area contributed by atoms with Gasteiger partial charge in [-0.1, -0.05) is 18.6 Å². The molecule has 0 radical (unpaired) electrons. The number of carbonyl (C=O) groups excluding carboxylic acids is 2. The number of nitrogens with one attached hydrogen (secondary N) is 1. The van der Waals surface area contributed by atoms with Gasteiger partial charge in [0, 0.05) is 25.7 Å². The summed E-state index contributed by atoms with van der Waals surface area (Å²) >= 11 is 0. The van der Waals surface area contributed by atoms with E-state index < -0.39 is 0 Å². The van der Waals surface area contributed by atoms with Gasteiger partial charge in [-0.05, 0) is 42.4 Å². The molecule has 0 bridgehead atoms. The van der Waals surface area contributed by atoms with Crippen molar-refractivity contribution in [3.63, 3.8) is 0 Å². The largest absolute Gasteiger partial charge is 0.349 e. The molecule has 2 amide bonds. The molecule has 0 spiro atoms. The van der Waals surface area contributed by atoms with E-state index in [0.29, 0.717) is 18.3 Å². The minimum Gasteiger partial charge on any atom is -0.349 e. The number of rotatable bonds is 4. The van der Waals surface area contributed by atoms with Crippen LogP contribution in [0.15, 0.2) is 24.3 Å². The van der Waals surface area contributed by atoms with Gasteiger partial charge in [0.2, 0.25) is 11.8 Å². The van der Waals surface area contributed by atoms with Crippen LogP contribution in [0.1, 0.15) is 24.8 Å². The van der Waals surface area contributed by atoms with Crippen LogP contribution in [0, 0.1) is 17.8 Å². The second-order valence-corrected chi connectivity index (χ2v) is 6.44. The average molecular weight is 286 g/mol. The van der Waals surface area contributed by atoms with Gasteiger partial charge < -0.3 is 10.2 Å². The molecule has 0 heterocycles. The van der Waals surface area contributed by atoms with Crippen molar-refractivity contribution in [3.8, 4) is 0 Å². The quantitative estimate of drug-likeness (QED) is 0.923. The van der Waals surface area contributed by atoms with Crippen molar-refractivity contribution in [2.45, 2.75) is 25.7 Å². The predicted molar refractivity (Wildman–Crippen MR) is 81.8 cm³/mol. The molecular formula is C17H22N2O2. The molecule has 0 aliphatic heterocycles. The third kappa shape index (κ3) is 2.94. The third-order valence-corrected chi connectivity index (χ3v) is 4.78. The number of nitrogens with zero attached hydrogens (tertiary/aromatic N) is 1. The molecule has 3 rings (SSSR count). The van der Waals surface area contributed by atoms with E-state index in [-0.39, 0.29) is 17.7 Å². The van der Waals surface area contributed by atoms with Gasteiger partial charge in [-0.15, -0.1) is 0 Å². The first-order chi connectivity index (χ1) is 10.1. The lowest BCUT2D eigenvalue weighted by Gasteiger charge is -2.11. The molecular weight excluding hydrogens is 264 g/mol. The lowest BCUT2D eigenvalue weighted by Crippen LogP contribution is -2.23. The smallest absolute Gasteiger partial charge is 0.228 e. The maximum atomic E-state index is 12.2. The van der Waals surface area contributed by atoms with Crippen LogP contribution >= 0.6 is 0 Å². The van der Waals surface area contributed by atoms with Gasteiger partial charge in [0.15, 0.2) is 0 Å². The highest BCUT2D eigenvalue weighted by atomic mass is 16.2. The summed E-state index contributed by atoms with van der Waals surface area (Å²) in [7, 11) is 3.51. The first-order valence-corrected chi connectivity index (χ1v) is 7.66. The van der Waals surface area contributed by atoms with Gasteiger partial charge in [-0.3, -0.25) is 9.59 Å². The van der Waals surface area contributed by atoms with E-state index in [1.54, 1.807) is 19.0 Å². The molecule has 0 unspecified atom stereocenters. The Morgan fingerprint density at radius 1 is 1.14 bits per heavy atom. The summed E-state index contributed by atoms with van der Waals surface area (Å²) in [6.45, 7) is 0. The summed E-state index contributed by atoms with van der Waals surface area (Å²) in [5.41, 5.74) is 1.79. The van der Waals surface area contributed by atoms with Crippen molar-refractivity contribution in [2.24, 2.45) is 17.8 Å². The molecule has 2 aliphatic carbocycles. The van der Waals surface area contributed by atoms with Crippen LogP contribution in [0.2, 0.25) is 0 Å².